The second-order valence-corrected chi connectivity index (χ2v) is 7.75. The fourth-order valence-corrected chi connectivity index (χ4v) is 3.93. The Kier molecular flexibility index (Phi) is 5.08. The van der Waals surface area contributed by atoms with Crippen LogP contribution in [0, 0.1) is 6.92 Å². The molecule has 8 heteroatoms. The van der Waals surface area contributed by atoms with E-state index in [1.54, 1.807) is 11.3 Å². The number of nitrogens with one attached hydrogen (secondary N) is 1. The van der Waals surface area contributed by atoms with Crippen LogP contribution in [0.15, 0.2) is 51.7 Å². The Morgan fingerprint density at radius 3 is 2.78 bits per heavy atom. The van der Waals surface area contributed by atoms with Crippen LogP contribution < -0.4 is 5.32 Å². The van der Waals surface area contributed by atoms with Crippen LogP contribution in [0.4, 0.5) is 5.13 Å². The molecule has 4 aromatic rings. The van der Waals surface area contributed by atoms with E-state index >= 15 is 0 Å². The third-order valence-corrected chi connectivity index (χ3v) is 5.52. The van der Waals surface area contributed by atoms with Crippen molar-refractivity contribution in [2.45, 2.75) is 19.8 Å². The first kappa shape index (κ1) is 17.6. The average Bonchev–Trinajstić information content (AvgIpc) is 3.42. The zero-order valence-electron chi connectivity index (χ0n) is 14.5. The van der Waals surface area contributed by atoms with Gasteiger partial charge in [-0.05, 0) is 18.4 Å². The van der Waals surface area contributed by atoms with Crippen molar-refractivity contribution in [1.29, 1.82) is 0 Å². The molecule has 0 saturated heterocycles. The van der Waals surface area contributed by atoms with Crippen LogP contribution in [0.2, 0.25) is 0 Å². The average molecular weight is 396 g/mol. The lowest BCUT2D eigenvalue weighted by molar-refractivity contribution is -0.116. The molecule has 0 atom stereocenters. The van der Waals surface area contributed by atoms with Crippen LogP contribution in [0.5, 0.6) is 0 Å². The van der Waals surface area contributed by atoms with Crippen molar-refractivity contribution in [2.75, 3.05) is 5.32 Å². The highest BCUT2D eigenvalue weighted by molar-refractivity contribution is 7.16. The summed E-state index contributed by atoms with van der Waals surface area (Å²) in [7, 11) is 0. The van der Waals surface area contributed by atoms with E-state index in [0.29, 0.717) is 23.3 Å². The first-order valence-corrected chi connectivity index (χ1v) is 10.1. The highest BCUT2D eigenvalue weighted by atomic mass is 32.1. The molecule has 0 radical (unpaired) electrons. The number of carbonyl (C=O) groups is 1. The number of anilines is 1. The summed E-state index contributed by atoms with van der Waals surface area (Å²) in [5, 5.41) is 11.3. The van der Waals surface area contributed by atoms with Gasteiger partial charge >= 0.3 is 0 Å². The molecule has 27 heavy (non-hydrogen) atoms. The molecule has 0 unspecified atom stereocenters. The Hall–Kier alpha value is -2.84. The molecule has 0 bridgehead atoms. The monoisotopic (exact) mass is 396 g/mol. The van der Waals surface area contributed by atoms with Crippen LogP contribution in [0.1, 0.15) is 17.9 Å². The highest BCUT2D eigenvalue weighted by Crippen LogP contribution is 2.28. The maximum absolute atomic E-state index is 12.2. The quantitative estimate of drug-likeness (QED) is 0.506. The maximum atomic E-state index is 12.2. The van der Waals surface area contributed by atoms with Gasteiger partial charge in [0, 0.05) is 23.8 Å². The van der Waals surface area contributed by atoms with Gasteiger partial charge in [-0.25, -0.2) is 4.98 Å². The minimum Gasteiger partial charge on any atom is -0.339 e. The SMILES string of the molecule is Cc1ccc(-c2noc(CCC(=O)Nc3nc(-c4cccs4)cs3)n2)cc1. The van der Waals surface area contributed by atoms with Gasteiger partial charge in [-0.2, -0.15) is 4.98 Å². The molecule has 0 aliphatic heterocycles. The van der Waals surface area contributed by atoms with Crippen molar-refractivity contribution >= 4 is 33.7 Å². The standard InChI is InChI=1S/C19H16N4O2S2/c1-12-4-6-13(7-5-12)18-22-17(25-23-18)9-8-16(24)21-19-20-14(11-27-19)15-3-2-10-26-15/h2-7,10-11H,8-9H2,1H3,(H,20,21,24). The van der Waals surface area contributed by atoms with E-state index in [-0.39, 0.29) is 12.3 Å². The molecule has 1 amide bonds. The summed E-state index contributed by atoms with van der Waals surface area (Å²) in [6, 6.07) is 11.9. The van der Waals surface area contributed by atoms with E-state index in [1.165, 1.54) is 16.9 Å². The molecule has 0 spiro atoms. The maximum Gasteiger partial charge on any atom is 0.227 e. The minimum atomic E-state index is -0.128. The van der Waals surface area contributed by atoms with Gasteiger partial charge in [-0.3, -0.25) is 4.79 Å². The summed E-state index contributed by atoms with van der Waals surface area (Å²) in [5.41, 5.74) is 2.94. The summed E-state index contributed by atoms with van der Waals surface area (Å²) in [5.74, 6) is 0.849. The Balaban J connectivity index is 1.32. The molecule has 0 fully saturated rings. The number of aromatic nitrogens is 3. The highest BCUT2D eigenvalue weighted by Gasteiger charge is 2.12. The number of thiazole rings is 1. The number of hydrogen-bond donors (Lipinski definition) is 1. The zero-order valence-corrected chi connectivity index (χ0v) is 16.1. The smallest absolute Gasteiger partial charge is 0.227 e. The van der Waals surface area contributed by atoms with Gasteiger partial charge in [0.2, 0.25) is 17.6 Å². The van der Waals surface area contributed by atoms with Crippen LogP contribution in [0.25, 0.3) is 22.0 Å². The predicted octanol–water partition coefficient (Wildman–Crippen LogP) is 4.80. The van der Waals surface area contributed by atoms with E-state index in [2.05, 4.69) is 20.4 Å². The van der Waals surface area contributed by atoms with E-state index in [4.69, 9.17) is 4.52 Å². The lowest BCUT2D eigenvalue weighted by Crippen LogP contribution is -2.12. The topological polar surface area (TPSA) is 80.9 Å². The third-order valence-electron chi connectivity index (χ3n) is 3.87. The number of benzene rings is 1. The molecular weight excluding hydrogens is 380 g/mol. The first-order valence-electron chi connectivity index (χ1n) is 8.36. The summed E-state index contributed by atoms with van der Waals surface area (Å²) >= 11 is 3.03. The molecule has 1 aromatic carbocycles. The van der Waals surface area contributed by atoms with E-state index < -0.39 is 0 Å². The number of nitrogens with zero attached hydrogens (tertiary/aromatic N) is 3. The van der Waals surface area contributed by atoms with Crippen molar-refractivity contribution in [3.05, 3.63) is 58.6 Å². The number of hydrogen-bond acceptors (Lipinski definition) is 7. The summed E-state index contributed by atoms with van der Waals surface area (Å²) < 4.78 is 5.25. The fourth-order valence-electron chi connectivity index (χ4n) is 2.45. The van der Waals surface area contributed by atoms with Crippen LogP contribution in [0.3, 0.4) is 0 Å². The normalized spacial score (nSPS) is 10.9. The number of rotatable bonds is 6. The van der Waals surface area contributed by atoms with Gasteiger partial charge in [0.1, 0.15) is 0 Å². The van der Waals surface area contributed by atoms with E-state index in [9.17, 15) is 4.79 Å². The molecule has 3 heterocycles. The summed E-state index contributed by atoms with van der Waals surface area (Å²) in [4.78, 5) is 22.1. The Morgan fingerprint density at radius 1 is 1.15 bits per heavy atom. The lowest BCUT2D eigenvalue weighted by atomic mass is 10.1. The van der Waals surface area contributed by atoms with Crippen LogP contribution in [-0.4, -0.2) is 21.0 Å². The second-order valence-electron chi connectivity index (χ2n) is 5.94. The second kappa shape index (κ2) is 7.81. The lowest BCUT2D eigenvalue weighted by Gasteiger charge is -1.99. The van der Waals surface area contributed by atoms with Gasteiger partial charge in [-0.1, -0.05) is 41.1 Å². The first-order chi connectivity index (χ1) is 13.2. The molecule has 1 N–H and O–H groups in total. The third kappa shape index (κ3) is 4.29. The fraction of sp³-hybridized carbons (Fsp3) is 0.158. The zero-order chi connectivity index (χ0) is 18.6. The minimum absolute atomic E-state index is 0.128. The van der Waals surface area contributed by atoms with Crippen molar-refractivity contribution < 1.29 is 9.32 Å². The van der Waals surface area contributed by atoms with Crippen molar-refractivity contribution in [1.82, 2.24) is 15.1 Å². The van der Waals surface area contributed by atoms with Gasteiger partial charge in [0.15, 0.2) is 5.13 Å². The van der Waals surface area contributed by atoms with Crippen molar-refractivity contribution in [3.63, 3.8) is 0 Å². The van der Waals surface area contributed by atoms with Gasteiger partial charge in [-0.15, -0.1) is 22.7 Å². The van der Waals surface area contributed by atoms with E-state index in [0.717, 1.165) is 16.1 Å². The Morgan fingerprint density at radius 2 is 2.00 bits per heavy atom. The number of aryl methyl sites for hydroxylation is 2. The summed E-state index contributed by atoms with van der Waals surface area (Å²) in [6.07, 6.45) is 0.636. The predicted molar refractivity (Wildman–Crippen MR) is 107 cm³/mol. The number of amides is 1. The van der Waals surface area contributed by atoms with Crippen molar-refractivity contribution in [3.8, 4) is 22.0 Å². The molecule has 136 valence electrons. The summed E-state index contributed by atoms with van der Waals surface area (Å²) in [6.45, 7) is 2.02. The molecule has 4 rings (SSSR count). The largest absolute Gasteiger partial charge is 0.339 e. The Bertz CT molecular complexity index is 1040. The van der Waals surface area contributed by atoms with Crippen molar-refractivity contribution in [2.24, 2.45) is 0 Å². The molecule has 6 nitrogen and oxygen atoms in total. The Labute approximate surface area is 163 Å². The van der Waals surface area contributed by atoms with Gasteiger partial charge in [0.05, 0.1) is 10.6 Å². The van der Waals surface area contributed by atoms with Gasteiger partial charge in [0.25, 0.3) is 0 Å². The molecular formula is C19H16N4O2S2. The van der Waals surface area contributed by atoms with Gasteiger partial charge < -0.3 is 9.84 Å². The number of carbonyl (C=O) groups excluding carboxylic acids is 1. The molecule has 0 aliphatic carbocycles. The molecule has 0 saturated carbocycles. The van der Waals surface area contributed by atoms with Crippen LogP contribution in [-0.2, 0) is 11.2 Å². The van der Waals surface area contributed by atoms with Crippen LogP contribution >= 0.6 is 22.7 Å². The van der Waals surface area contributed by atoms with E-state index in [1.807, 2.05) is 54.1 Å². The number of thiophene rings is 1. The molecule has 3 aromatic heterocycles. The molecule has 0 aliphatic rings.